The molecule has 1 amide bonds. The van der Waals surface area contributed by atoms with Crippen molar-refractivity contribution in [3.63, 3.8) is 0 Å². The molecule has 0 unspecified atom stereocenters. The summed E-state index contributed by atoms with van der Waals surface area (Å²) in [6, 6.07) is 5.60. The first-order chi connectivity index (χ1) is 9.56. The van der Waals surface area contributed by atoms with E-state index in [2.05, 4.69) is 4.98 Å². The fraction of sp³-hybridized carbons (Fsp3) is 0.286. The molecule has 0 aliphatic carbocycles. The number of rotatable bonds is 1. The van der Waals surface area contributed by atoms with Crippen molar-refractivity contribution in [2.75, 3.05) is 6.54 Å². The summed E-state index contributed by atoms with van der Waals surface area (Å²) in [5.74, 6) is -0.450. The number of hydrogen-bond donors (Lipinski definition) is 0. The summed E-state index contributed by atoms with van der Waals surface area (Å²) in [5, 5.41) is 0.436. The van der Waals surface area contributed by atoms with Crippen LogP contribution in [-0.2, 0) is 20.0 Å². The minimum atomic E-state index is -0.346. The Labute approximate surface area is 120 Å². The molecule has 2 aromatic rings. The highest BCUT2D eigenvalue weighted by atomic mass is 35.5. The van der Waals surface area contributed by atoms with Gasteiger partial charge < -0.3 is 9.47 Å². The van der Waals surface area contributed by atoms with E-state index in [4.69, 9.17) is 11.6 Å². The van der Waals surface area contributed by atoms with Crippen molar-refractivity contribution in [3.05, 3.63) is 52.3 Å². The molecular formula is C14H13ClFN3O. The van der Waals surface area contributed by atoms with Crippen molar-refractivity contribution < 1.29 is 9.18 Å². The molecule has 1 aromatic heterocycles. The van der Waals surface area contributed by atoms with Crippen LogP contribution in [0.4, 0.5) is 4.39 Å². The van der Waals surface area contributed by atoms with Crippen LogP contribution >= 0.6 is 11.6 Å². The van der Waals surface area contributed by atoms with Crippen LogP contribution in [0.25, 0.3) is 0 Å². The van der Waals surface area contributed by atoms with Gasteiger partial charge in [0.2, 0.25) is 5.28 Å². The molecule has 0 bridgehead atoms. The van der Waals surface area contributed by atoms with Crippen LogP contribution in [0.5, 0.6) is 0 Å². The standard InChI is InChI=1S/C14H13ClFN3O/c1-18-12-8-19(7-6-11(12)17-14(18)15)13(20)9-2-4-10(16)5-3-9/h2-5H,6-8H2,1H3. The Balaban J connectivity index is 1.84. The first kappa shape index (κ1) is 13.1. The maximum atomic E-state index is 12.9. The predicted molar refractivity (Wildman–Crippen MR) is 73.1 cm³/mol. The second-order valence-electron chi connectivity index (χ2n) is 4.82. The SMILES string of the molecule is Cn1c(Cl)nc2c1CN(C(=O)c1ccc(F)cc1)CC2. The van der Waals surface area contributed by atoms with E-state index >= 15 is 0 Å². The Morgan fingerprint density at radius 2 is 2.05 bits per heavy atom. The number of fused-ring (bicyclic) bond motifs is 1. The Bertz CT molecular complexity index is 666. The second-order valence-corrected chi connectivity index (χ2v) is 5.15. The number of aromatic nitrogens is 2. The monoisotopic (exact) mass is 293 g/mol. The van der Waals surface area contributed by atoms with E-state index in [-0.39, 0.29) is 11.7 Å². The van der Waals surface area contributed by atoms with Gasteiger partial charge in [0.05, 0.1) is 17.9 Å². The minimum absolute atomic E-state index is 0.104. The average Bonchev–Trinajstić information content (AvgIpc) is 2.74. The lowest BCUT2D eigenvalue weighted by molar-refractivity contribution is 0.0730. The quantitative estimate of drug-likeness (QED) is 0.810. The maximum Gasteiger partial charge on any atom is 0.254 e. The Morgan fingerprint density at radius 1 is 1.35 bits per heavy atom. The van der Waals surface area contributed by atoms with Gasteiger partial charge in [0, 0.05) is 25.6 Å². The van der Waals surface area contributed by atoms with Crippen molar-refractivity contribution in [1.82, 2.24) is 14.5 Å². The van der Waals surface area contributed by atoms with Crippen LogP contribution in [0.3, 0.4) is 0 Å². The highest BCUT2D eigenvalue weighted by Gasteiger charge is 2.25. The van der Waals surface area contributed by atoms with E-state index < -0.39 is 0 Å². The molecule has 0 saturated carbocycles. The predicted octanol–water partition coefficient (Wildman–Crippen LogP) is 2.41. The summed E-state index contributed by atoms with van der Waals surface area (Å²) in [7, 11) is 1.83. The summed E-state index contributed by atoms with van der Waals surface area (Å²) < 4.78 is 14.7. The Hall–Kier alpha value is -1.88. The molecule has 6 heteroatoms. The fourth-order valence-corrected chi connectivity index (χ4v) is 2.61. The molecule has 0 fully saturated rings. The topological polar surface area (TPSA) is 38.1 Å². The lowest BCUT2D eigenvalue weighted by atomic mass is 10.1. The van der Waals surface area contributed by atoms with Gasteiger partial charge in [-0.15, -0.1) is 0 Å². The molecule has 2 heterocycles. The number of benzene rings is 1. The third-order valence-corrected chi connectivity index (χ3v) is 3.92. The van der Waals surface area contributed by atoms with Crippen molar-refractivity contribution in [2.45, 2.75) is 13.0 Å². The number of nitrogens with zero attached hydrogens (tertiary/aromatic N) is 3. The first-order valence-electron chi connectivity index (χ1n) is 6.31. The highest BCUT2D eigenvalue weighted by Crippen LogP contribution is 2.23. The van der Waals surface area contributed by atoms with Crippen molar-refractivity contribution >= 4 is 17.5 Å². The van der Waals surface area contributed by atoms with Gasteiger partial charge >= 0.3 is 0 Å². The number of hydrogen-bond acceptors (Lipinski definition) is 2. The largest absolute Gasteiger partial charge is 0.332 e. The zero-order valence-electron chi connectivity index (χ0n) is 10.9. The second kappa shape index (κ2) is 4.90. The Morgan fingerprint density at radius 3 is 2.75 bits per heavy atom. The van der Waals surface area contributed by atoms with Crippen LogP contribution in [-0.4, -0.2) is 26.9 Å². The molecule has 0 atom stereocenters. The normalized spacial score (nSPS) is 14.2. The molecule has 1 aliphatic rings. The third-order valence-electron chi connectivity index (χ3n) is 3.58. The van der Waals surface area contributed by atoms with Gasteiger partial charge in [-0.2, -0.15) is 0 Å². The molecule has 104 valence electrons. The van der Waals surface area contributed by atoms with Crippen LogP contribution < -0.4 is 0 Å². The third kappa shape index (κ3) is 2.18. The molecular weight excluding hydrogens is 281 g/mol. The van der Waals surface area contributed by atoms with Crippen LogP contribution in [0, 0.1) is 5.82 Å². The summed E-state index contributed by atoms with van der Waals surface area (Å²) in [6.07, 6.45) is 0.683. The molecule has 1 aliphatic heterocycles. The number of carbonyl (C=O) groups is 1. The molecule has 4 nitrogen and oxygen atoms in total. The summed E-state index contributed by atoms with van der Waals surface area (Å²) >= 11 is 5.99. The van der Waals surface area contributed by atoms with Gasteiger partial charge in [0.15, 0.2) is 0 Å². The molecule has 3 rings (SSSR count). The van der Waals surface area contributed by atoms with Crippen LogP contribution in [0.2, 0.25) is 5.28 Å². The van der Waals surface area contributed by atoms with Gasteiger partial charge in [-0.1, -0.05) is 0 Å². The van der Waals surface area contributed by atoms with E-state index in [0.717, 1.165) is 11.4 Å². The molecule has 1 aromatic carbocycles. The number of carbonyl (C=O) groups excluding carboxylic acids is 1. The zero-order valence-corrected chi connectivity index (χ0v) is 11.7. The highest BCUT2D eigenvalue weighted by molar-refractivity contribution is 6.28. The van der Waals surface area contributed by atoms with Crippen LogP contribution in [0.1, 0.15) is 21.7 Å². The lowest BCUT2D eigenvalue weighted by Crippen LogP contribution is -2.36. The van der Waals surface area contributed by atoms with Crippen molar-refractivity contribution in [3.8, 4) is 0 Å². The number of halogens is 2. The number of amides is 1. The van der Waals surface area contributed by atoms with Gasteiger partial charge in [0.25, 0.3) is 5.91 Å². The lowest BCUT2D eigenvalue weighted by Gasteiger charge is -2.27. The summed E-state index contributed by atoms with van der Waals surface area (Å²) in [4.78, 5) is 18.4. The number of imidazole rings is 1. The van der Waals surface area contributed by atoms with Gasteiger partial charge in [-0.3, -0.25) is 4.79 Å². The average molecular weight is 294 g/mol. The summed E-state index contributed by atoms with van der Waals surface area (Å²) in [5.41, 5.74) is 2.39. The van der Waals surface area contributed by atoms with Gasteiger partial charge in [-0.25, -0.2) is 9.37 Å². The fourth-order valence-electron chi connectivity index (χ4n) is 2.40. The molecule has 0 radical (unpaired) electrons. The van der Waals surface area contributed by atoms with E-state index in [1.807, 2.05) is 7.05 Å². The van der Waals surface area contributed by atoms with E-state index in [9.17, 15) is 9.18 Å². The van der Waals surface area contributed by atoms with E-state index in [0.29, 0.717) is 30.4 Å². The first-order valence-corrected chi connectivity index (χ1v) is 6.69. The maximum absolute atomic E-state index is 12.9. The van der Waals surface area contributed by atoms with Gasteiger partial charge in [-0.05, 0) is 35.9 Å². The van der Waals surface area contributed by atoms with E-state index in [1.54, 1.807) is 9.47 Å². The van der Waals surface area contributed by atoms with E-state index in [1.165, 1.54) is 24.3 Å². The zero-order chi connectivity index (χ0) is 14.3. The molecule has 20 heavy (non-hydrogen) atoms. The van der Waals surface area contributed by atoms with Crippen LogP contribution in [0.15, 0.2) is 24.3 Å². The minimum Gasteiger partial charge on any atom is -0.332 e. The van der Waals surface area contributed by atoms with Gasteiger partial charge in [0.1, 0.15) is 5.82 Å². The summed E-state index contributed by atoms with van der Waals surface area (Å²) in [6.45, 7) is 1.07. The molecule has 0 N–H and O–H groups in total. The smallest absolute Gasteiger partial charge is 0.254 e. The Kier molecular flexibility index (Phi) is 3.22. The molecule has 0 spiro atoms. The van der Waals surface area contributed by atoms with Crippen molar-refractivity contribution in [1.29, 1.82) is 0 Å². The molecule has 0 saturated heterocycles. The van der Waals surface area contributed by atoms with Crippen molar-refractivity contribution in [2.24, 2.45) is 7.05 Å².